The van der Waals surface area contributed by atoms with Crippen LogP contribution in [0, 0.1) is 0 Å². The molecule has 0 aliphatic carbocycles. The monoisotopic (exact) mass is 288 g/mol. The summed E-state index contributed by atoms with van der Waals surface area (Å²) in [6.07, 6.45) is 0. The average Bonchev–Trinajstić information content (AvgIpc) is 2.49. The van der Waals surface area contributed by atoms with Crippen LogP contribution in [0.1, 0.15) is 22.8 Å². The van der Waals surface area contributed by atoms with Gasteiger partial charge in [-0.3, -0.25) is 4.79 Å². The first-order valence-electron chi connectivity index (χ1n) is 6.45. The van der Waals surface area contributed by atoms with Gasteiger partial charge in [0.25, 0.3) is 0 Å². The van der Waals surface area contributed by atoms with E-state index in [1.54, 1.807) is 19.1 Å². The minimum Gasteiger partial charge on any atom is -0.507 e. The number of hydrogen-bond acceptors (Lipinski definition) is 5. The molecule has 0 saturated heterocycles. The normalized spacial score (nSPS) is 10.2. The van der Waals surface area contributed by atoms with Crippen LogP contribution in [0.4, 0.5) is 0 Å². The van der Waals surface area contributed by atoms with E-state index in [9.17, 15) is 15.0 Å². The van der Waals surface area contributed by atoms with Crippen molar-refractivity contribution in [2.75, 3.05) is 13.7 Å². The molecule has 0 spiro atoms. The summed E-state index contributed by atoms with van der Waals surface area (Å²) in [5.74, 6) is -0.487. The van der Waals surface area contributed by atoms with Crippen LogP contribution in [-0.2, 0) is 0 Å². The predicted molar refractivity (Wildman–Crippen MR) is 77.4 cm³/mol. The first-order chi connectivity index (χ1) is 10.1. The summed E-state index contributed by atoms with van der Waals surface area (Å²) in [7, 11) is 1.45. The van der Waals surface area contributed by atoms with Crippen molar-refractivity contribution >= 4 is 5.78 Å². The maximum Gasteiger partial charge on any atom is 0.204 e. The summed E-state index contributed by atoms with van der Waals surface area (Å²) >= 11 is 0. The molecule has 21 heavy (non-hydrogen) atoms. The van der Waals surface area contributed by atoms with E-state index >= 15 is 0 Å². The molecule has 0 heterocycles. The Morgan fingerprint density at radius 3 is 2.43 bits per heavy atom. The number of ketones is 1. The van der Waals surface area contributed by atoms with Crippen molar-refractivity contribution in [1.29, 1.82) is 0 Å². The lowest BCUT2D eigenvalue weighted by molar-refractivity contribution is 0.103. The number of para-hydroxylation sites is 1. The zero-order valence-corrected chi connectivity index (χ0v) is 11.8. The molecule has 0 aromatic heterocycles. The van der Waals surface area contributed by atoms with E-state index in [1.807, 2.05) is 0 Å². The Balaban J connectivity index is 2.52. The molecule has 2 aromatic rings. The molecular formula is C16H16O5. The van der Waals surface area contributed by atoms with Gasteiger partial charge in [-0.15, -0.1) is 0 Å². The molecule has 0 radical (unpaired) electrons. The van der Waals surface area contributed by atoms with Gasteiger partial charge in [-0.25, -0.2) is 0 Å². The SMILES string of the molecule is CCOc1c(OC)ccc(C(=O)c2ccccc2O)c1O. The van der Waals surface area contributed by atoms with E-state index in [0.717, 1.165) is 0 Å². The number of carbonyl (C=O) groups excluding carboxylic acids is 1. The lowest BCUT2D eigenvalue weighted by atomic mass is 10.0. The second-order valence-electron chi connectivity index (χ2n) is 4.27. The molecule has 2 N–H and O–H groups in total. The van der Waals surface area contributed by atoms with Crippen LogP contribution >= 0.6 is 0 Å². The van der Waals surface area contributed by atoms with Gasteiger partial charge in [0.05, 0.1) is 24.8 Å². The number of ether oxygens (including phenoxy) is 2. The summed E-state index contributed by atoms with van der Waals surface area (Å²) in [5.41, 5.74) is 0.154. The second-order valence-corrected chi connectivity index (χ2v) is 4.27. The minimum atomic E-state index is -0.491. The summed E-state index contributed by atoms with van der Waals surface area (Å²) in [6, 6.07) is 9.13. The van der Waals surface area contributed by atoms with E-state index < -0.39 is 5.78 Å². The van der Waals surface area contributed by atoms with Crippen molar-refractivity contribution < 1.29 is 24.5 Å². The number of rotatable bonds is 5. The summed E-state index contributed by atoms with van der Waals surface area (Å²) in [5, 5.41) is 20.0. The van der Waals surface area contributed by atoms with Crippen LogP contribution in [0.5, 0.6) is 23.0 Å². The lowest BCUT2D eigenvalue weighted by Gasteiger charge is -2.13. The van der Waals surface area contributed by atoms with Gasteiger partial charge in [-0.2, -0.15) is 0 Å². The Morgan fingerprint density at radius 1 is 1.10 bits per heavy atom. The molecule has 0 fully saturated rings. The lowest BCUT2D eigenvalue weighted by Crippen LogP contribution is -2.04. The maximum absolute atomic E-state index is 12.4. The van der Waals surface area contributed by atoms with Gasteiger partial charge in [0.1, 0.15) is 5.75 Å². The van der Waals surface area contributed by atoms with Crippen LogP contribution in [0.3, 0.4) is 0 Å². The number of phenols is 2. The standard InChI is InChI=1S/C16H16O5/c1-3-21-16-13(20-2)9-8-11(15(16)19)14(18)10-6-4-5-7-12(10)17/h4-9,17,19H,3H2,1-2H3. The van der Waals surface area contributed by atoms with Crippen molar-refractivity contribution in [1.82, 2.24) is 0 Å². The molecule has 5 nitrogen and oxygen atoms in total. The predicted octanol–water partition coefficient (Wildman–Crippen LogP) is 2.74. The zero-order chi connectivity index (χ0) is 15.4. The molecule has 2 aromatic carbocycles. The van der Waals surface area contributed by atoms with Crippen molar-refractivity contribution in [3.05, 3.63) is 47.5 Å². The zero-order valence-electron chi connectivity index (χ0n) is 11.8. The Hall–Kier alpha value is -2.69. The maximum atomic E-state index is 12.4. The third-order valence-electron chi connectivity index (χ3n) is 3.00. The number of phenolic OH excluding ortho intramolecular Hbond substituents is 2. The third kappa shape index (κ3) is 2.76. The second kappa shape index (κ2) is 6.17. The van der Waals surface area contributed by atoms with Crippen molar-refractivity contribution in [2.45, 2.75) is 6.92 Å². The van der Waals surface area contributed by atoms with Gasteiger partial charge in [-0.05, 0) is 31.2 Å². The number of benzene rings is 2. The van der Waals surface area contributed by atoms with Gasteiger partial charge >= 0.3 is 0 Å². The molecular weight excluding hydrogens is 272 g/mol. The smallest absolute Gasteiger partial charge is 0.204 e. The minimum absolute atomic E-state index is 0.0424. The van der Waals surface area contributed by atoms with Crippen molar-refractivity contribution in [3.8, 4) is 23.0 Å². The number of methoxy groups -OCH3 is 1. The molecule has 0 amide bonds. The number of carbonyl (C=O) groups is 1. The number of hydrogen-bond donors (Lipinski definition) is 2. The topological polar surface area (TPSA) is 76.0 Å². The van der Waals surface area contributed by atoms with E-state index in [2.05, 4.69) is 0 Å². The van der Waals surface area contributed by atoms with Crippen LogP contribution < -0.4 is 9.47 Å². The highest BCUT2D eigenvalue weighted by molar-refractivity contribution is 6.12. The van der Waals surface area contributed by atoms with Gasteiger partial charge in [-0.1, -0.05) is 12.1 Å². The first-order valence-corrected chi connectivity index (χ1v) is 6.45. The largest absolute Gasteiger partial charge is 0.507 e. The van der Waals surface area contributed by atoms with Crippen molar-refractivity contribution in [3.63, 3.8) is 0 Å². The first kappa shape index (κ1) is 14.7. The Bertz CT molecular complexity index is 664. The number of aromatic hydroxyl groups is 2. The molecule has 0 unspecified atom stereocenters. The molecule has 0 aliphatic heterocycles. The Kier molecular flexibility index (Phi) is 4.33. The highest BCUT2D eigenvalue weighted by atomic mass is 16.5. The van der Waals surface area contributed by atoms with Gasteiger partial charge in [0.2, 0.25) is 11.5 Å². The van der Waals surface area contributed by atoms with Crippen LogP contribution in [-0.4, -0.2) is 29.7 Å². The highest BCUT2D eigenvalue weighted by Crippen LogP contribution is 2.40. The summed E-state index contributed by atoms with van der Waals surface area (Å²) < 4.78 is 10.4. The fourth-order valence-electron chi connectivity index (χ4n) is 1.99. The average molecular weight is 288 g/mol. The Morgan fingerprint density at radius 2 is 1.81 bits per heavy atom. The third-order valence-corrected chi connectivity index (χ3v) is 3.00. The van der Waals surface area contributed by atoms with E-state index in [-0.39, 0.29) is 28.4 Å². The molecule has 0 bridgehead atoms. The highest BCUT2D eigenvalue weighted by Gasteiger charge is 2.22. The van der Waals surface area contributed by atoms with Crippen LogP contribution in [0.2, 0.25) is 0 Å². The fraction of sp³-hybridized carbons (Fsp3) is 0.188. The molecule has 0 atom stereocenters. The van der Waals surface area contributed by atoms with Gasteiger partial charge in [0, 0.05) is 0 Å². The van der Waals surface area contributed by atoms with Gasteiger partial charge in [0.15, 0.2) is 11.5 Å². The molecule has 5 heteroatoms. The van der Waals surface area contributed by atoms with Crippen molar-refractivity contribution in [2.24, 2.45) is 0 Å². The van der Waals surface area contributed by atoms with Crippen LogP contribution in [0.15, 0.2) is 36.4 Å². The Labute approximate surface area is 122 Å². The van der Waals surface area contributed by atoms with E-state index in [0.29, 0.717) is 12.4 Å². The molecule has 110 valence electrons. The quantitative estimate of drug-likeness (QED) is 0.827. The van der Waals surface area contributed by atoms with Gasteiger partial charge < -0.3 is 19.7 Å². The molecule has 0 aliphatic rings. The fourth-order valence-corrected chi connectivity index (χ4v) is 1.99. The summed E-state index contributed by atoms with van der Waals surface area (Å²) in [6.45, 7) is 2.08. The van der Waals surface area contributed by atoms with E-state index in [4.69, 9.17) is 9.47 Å². The van der Waals surface area contributed by atoms with Crippen LogP contribution in [0.25, 0.3) is 0 Å². The molecule has 2 rings (SSSR count). The van der Waals surface area contributed by atoms with E-state index in [1.165, 1.54) is 31.4 Å². The molecule has 0 saturated carbocycles. The summed E-state index contributed by atoms with van der Waals surface area (Å²) in [4.78, 5) is 12.4.